The maximum absolute atomic E-state index is 13.0. The molecule has 0 aliphatic carbocycles. The number of benzene rings is 2. The number of anilines is 1. The summed E-state index contributed by atoms with van der Waals surface area (Å²) in [5, 5.41) is 14.9. The lowest BCUT2D eigenvalue weighted by molar-refractivity contribution is -0.113. The van der Waals surface area contributed by atoms with Crippen LogP contribution in [0.4, 0.5) is 5.00 Å². The van der Waals surface area contributed by atoms with Gasteiger partial charge in [-0.3, -0.25) is 9.36 Å². The molecule has 4 aromatic rings. The van der Waals surface area contributed by atoms with Crippen LogP contribution in [0, 0.1) is 13.8 Å². The summed E-state index contributed by atoms with van der Waals surface area (Å²) in [6, 6.07) is 13.0. The van der Waals surface area contributed by atoms with Crippen molar-refractivity contribution in [2.24, 2.45) is 0 Å². The first-order valence-electron chi connectivity index (χ1n) is 12.4. The van der Waals surface area contributed by atoms with Gasteiger partial charge in [-0.1, -0.05) is 47.6 Å². The standard InChI is InChI=1S/C29H29ClN4O4S2/c1-6-13-34-26(19(4)38-22-12-7-17(2)18(3)14-22)32-33-29(34)40-16-24(35)31-27-25(28(36)37-5)23(15-39-27)20-8-10-21(30)11-9-20/h6-12,14-15,19H,1,13,16H2,2-5H3,(H,31,35). The van der Waals surface area contributed by atoms with Crippen molar-refractivity contribution in [3.05, 3.63) is 88.0 Å². The SMILES string of the molecule is C=CCn1c(SCC(=O)Nc2scc(-c3ccc(Cl)cc3)c2C(=O)OC)nnc1C(C)Oc1ccc(C)c(C)c1. The highest BCUT2D eigenvalue weighted by Crippen LogP contribution is 2.37. The number of nitrogens with zero attached hydrogens (tertiary/aromatic N) is 3. The molecule has 0 radical (unpaired) electrons. The molecular formula is C29H29ClN4O4S2. The van der Waals surface area contributed by atoms with E-state index in [9.17, 15) is 9.59 Å². The van der Waals surface area contributed by atoms with Gasteiger partial charge in [-0.25, -0.2) is 4.79 Å². The van der Waals surface area contributed by atoms with Crippen LogP contribution in [0.15, 0.2) is 65.7 Å². The van der Waals surface area contributed by atoms with Gasteiger partial charge in [-0.05, 0) is 61.7 Å². The van der Waals surface area contributed by atoms with E-state index in [4.69, 9.17) is 21.1 Å². The van der Waals surface area contributed by atoms with Crippen LogP contribution in [0.25, 0.3) is 11.1 Å². The smallest absolute Gasteiger partial charge is 0.341 e. The maximum atomic E-state index is 13.0. The number of esters is 1. The van der Waals surface area contributed by atoms with Crippen LogP contribution in [0.5, 0.6) is 5.75 Å². The summed E-state index contributed by atoms with van der Waals surface area (Å²) in [5.41, 5.74) is 4.07. The molecule has 208 valence electrons. The van der Waals surface area contributed by atoms with Gasteiger partial charge >= 0.3 is 5.97 Å². The van der Waals surface area contributed by atoms with Gasteiger partial charge in [0.15, 0.2) is 17.1 Å². The van der Waals surface area contributed by atoms with E-state index in [-0.39, 0.29) is 17.8 Å². The molecule has 0 bridgehead atoms. The number of ether oxygens (including phenoxy) is 2. The zero-order valence-corrected chi connectivity index (χ0v) is 25.0. The lowest BCUT2D eigenvalue weighted by Gasteiger charge is -2.16. The summed E-state index contributed by atoms with van der Waals surface area (Å²) < 4.78 is 13.0. The normalized spacial score (nSPS) is 11.6. The van der Waals surface area contributed by atoms with E-state index in [1.54, 1.807) is 18.2 Å². The highest BCUT2D eigenvalue weighted by molar-refractivity contribution is 7.99. The van der Waals surface area contributed by atoms with Gasteiger partial charge in [0.1, 0.15) is 16.3 Å². The highest BCUT2D eigenvalue weighted by Gasteiger charge is 2.24. The number of aryl methyl sites for hydroxylation is 2. The van der Waals surface area contributed by atoms with E-state index in [0.717, 1.165) is 16.9 Å². The van der Waals surface area contributed by atoms with E-state index >= 15 is 0 Å². The number of allylic oxidation sites excluding steroid dienone is 1. The molecule has 1 unspecified atom stereocenters. The van der Waals surface area contributed by atoms with Gasteiger partial charge in [-0.2, -0.15) is 0 Å². The lowest BCUT2D eigenvalue weighted by atomic mass is 10.0. The number of aromatic nitrogens is 3. The molecule has 0 spiro atoms. The number of hydrogen-bond acceptors (Lipinski definition) is 8. The topological polar surface area (TPSA) is 95.3 Å². The second kappa shape index (κ2) is 13.2. The van der Waals surface area contributed by atoms with Crippen molar-refractivity contribution >= 4 is 51.6 Å². The molecule has 4 rings (SSSR count). The largest absolute Gasteiger partial charge is 0.483 e. The van der Waals surface area contributed by atoms with Crippen molar-refractivity contribution in [1.82, 2.24) is 14.8 Å². The van der Waals surface area contributed by atoms with Gasteiger partial charge in [0.05, 0.1) is 12.9 Å². The van der Waals surface area contributed by atoms with Crippen LogP contribution in [0.1, 0.15) is 40.3 Å². The molecule has 2 heterocycles. The van der Waals surface area contributed by atoms with E-state index < -0.39 is 5.97 Å². The Kier molecular flexibility index (Phi) is 9.67. The van der Waals surface area contributed by atoms with Crippen molar-refractivity contribution < 1.29 is 19.1 Å². The van der Waals surface area contributed by atoms with E-state index in [2.05, 4.69) is 29.0 Å². The molecule has 1 atom stereocenters. The van der Waals surface area contributed by atoms with Gasteiger partial charge < -0.3 is 14.8 Å². The average Bonchev–Trinajstić information content (AvgIpc) is 3.54. The van der Waals surface area contributed by atoms with E-state index in [1.165, 1.54) is 35.8 Å². The Morgan fingerprint density at radius 2 is 1.93 bits per heavy atom. The minimum atomic E-state index is -0.540. The van der Waals surface area contributed by atoms with Crippen molar-refractivity contribution in [2.75, 3.05) is 18.2 Å². The molecule has 0 aliphatic rings. The predicted molar refractivity (Wildman–Crippen MR) is 161 cm³/mol. The summed E-state index contributed by atoms with van der Waals surface area (Å²) in [6.07, 6.45) is 1.37. The van der Waals surface area contributed by atoms with Crippen molar-refractivity contribution in [2.45, 2.75) is 38.6 Å². The molecule has 1 N–H and O–H groups in total. The number of thioether (sulfide) groups is 1. The number of amides is 1. The van der Waals surface area contributed by atoms with Crippen molar-refractivity contribution in [3.63, 3.8) is 0 Å². The summed E-state index contributed by atoms with van der Waals surface area (Å²) in [5.74, 6) is 0.583. The third kappa shape index (κ3) is 6.75. The molecule has 0 fully saturated rings. The summed E-state index contributed by atoms with van der Waals surface area (Å²) >= 11 is 8.50. The lowest BCUT2D eigenvalue weighted by Crippen LogP contribution is -2.17. The quantitative estimate of drug-likeness (QED) is 0.112. The van der Waals surface area contributed by atoms with E-state index in [1.807, 2.05) is 54.1 Å². The molecule has 40 heavy (non-hydrogen) atoms. The number of hydrogen-bond donors (Lipinski definition) is 1. The Labute approximate surface area is 246 Å². The fourth-order valence-electron chi connectivity index (χ4n) is 3.94. The summed E-state index contributed by atoms with van der Waals surface area (Å²) in [6.45, 7) is 10.3. The number of thiophene rings is 1. The Morgan fingerprint density at radius 1 is 1.18 bits per heavy atom. The fraction of sp³-hybridized carbons (Fsp3) is 0.241. The number of nitrogens with one attached hydrogen (secondary N) is 1. The molecule has 0 saturated heterocycles. The van der Waals surface area contributed by atoms with Crippen LogP contribution in [0.2, 0.25) is 5.02 Å². The highest BCUT2D eigenvalue weighted by atomic mass is 35.5. The van der Waals surface area contributed by atoms with Crippen LogP contribution in [-0.2, 0) is 16.1 Å². The van der Waals surface area contributed by atoms with Crippen LogP contribution >= 0.6 is 34.7 Å². The number of methoxy groups -OCH3 is 1. The number of carbonyl (C=O) groups excluding carboxylic acids is 2. The zero-order chi connectivity index (χ0) is 28.8. The maximum Gasteiger partial charge on any atom is 0.341 e. The van der Waals surface area contributed by atoms with Gasteiger partial charge in [0.25, 0.3) is 0 Å². The fourth-order valence-corrected chi connectivity index (χ4v) is 5.80. The third-order valence-electron chi connectivity index (χ3n) is 6.13. The van der Waals surface area contributed by atoms with Crippen LogP contribution < -0.4 is 10.1 Å². The second-order valence-electron chi connectivity index (χ2n) is 8.94. The molecule has 1 amide bonds. The predicted octanol–water partition coefficient (Wildman–Crippen LogP) is 7.12. The minimum absolute atomic E-state index is 0.0520. The average molecular weight is 597 g/mol. The van der Waals surface area contributed by atoms with Crippen LogP contribution in [-0.4, -0.2) is 39.5 Å². The molecule has 8 nitrogen and oxygen atoms in total. The van der Waals surface area contributed by atoms with Crippen molar-refractivity contribution in [3.8, 4) is 16.9 Å². The summed E-state index contributed by atoms with van der Waals surface area (Å²) in [7, 11) is 1.31. The Balaban J connectivity index is 1.47. The summed E-state index contributed by atoms with van der Waals surface area (Å²) in [4.78, 5) is 25.6. The number of rotatable bonds is 11. The van der Waals surface area contributed by atoms with Crippen LogP contribution in [0.3, 0.4) is 0 Å². The van der Waals surface area contributed by atoms with Gasteiger partial charge in [0, 0.05) is 22.5 Å². The Morgan fingerprint density at radius 3 is 2.60 bits per heavy atom. The number of carbonyl (C=O) groups is 2. The molecule has 11 heteroatoms. The first-order chi connectivity index (χ1) is 19.2. The number of halogens is 1. The molecular weight excluding hydrogens is 568 g/mol. The van der Waals surface area contributed by atoms with Gasteiger partial charge in [-0.15, -0.1) is 28.1 Å². The first kappa shape index (κ1) is 29.4. The minimum Gasteiger partial charge on any atom is -0.483 e. The third-order valence-corrected chi connectivity index (χ3v) is 8.25. The monoisotopic (exact) mass is 596 g/mol. The zero-order valence-electron chi connectivity index (χ0n) is 22.6. The molecule has 2 aromatic carbocycles. The second-order valence-corrected chi connectivity index (χ2v) is 11.2. The Hall–Kier alpha value is -3.60. The van der Waals surface area contributed by atoms with E-state index in [0.29, 0.717) is 38.7 Å². The first-order valence-corrected chi connectivity index (χ1v) is 14.6. The Bertz CT molecular complexity index is 1530. The van der Waals surface area contributed by atoms with Gasteiger partial charge in [0.2, 0.25) is 5.91 Å². The molecule has 2 aromatic heterocycles. The molecule has 0 saturated carbocycles. The molecule has 0 aliphatic heterocycles. The van der Waals surface area contributed by atoms with Crippen molar-refractivity contribution in [1.29, 1.82) is 0 Å².